The Morgan fingerprint density at radius 2 is 2.00 bits per heavy atom. The van der Waals surface area contributed by atoms with Gasteiger partial charge < -0.3 is 15.4 Å². The van der Waals surface area contributed by atoms with Gasteiger partial charge in [0.15, 0.2) is 0 Å². The molecule has 0 saturated heterocycles. The molecule has 7 nitrogen and oxygen atoms in total. The van der Waals surface area contributed by atoms with Crippen molar-refractivity contribution in [1.29, 1.82) is 0 Å². The highest BCUT2D eigenvalue weighted by Crippen LogP contribution is 2.57. The first-order chi connectivity index (χ1) is 14.3. The summed E-state index contributed by atoms with van der Waals surface area (Å²) >= 11 is 0. The lowest BCUT2D eigenvalue weighted by Gasteiger charge is -2.46. The van der Waals surface area contributed by atoms with E-state index in [-0.39, 0.29) is 22.4 Å². The quantitative estimate of drug-likeness (QED) is 0.538. The van der Waals surface area contributed by atoms with Gasteiger partial charge in [0.25, 0.3) is 5.56 Å². The normalized spacial score (nSPS) is 25.2. The van der Waals surface area contributed by atoms with Crippen molar-refractivity contribution in [3.63, 3.8) is 0 Å². The third kappa shape index (κ3) is 2.21. The van der Waals surface area contributed by atoms with Crippen LogP contribution in [0.2, 0.25) is 0 Å². The van der Waals surface area contributed by atoms with E-state index < -0.39 is 0 Å². The summed E-state index contributed by atoms with van der Waals surface area (Å²) in [5, 5.41) is 16.7. The number of aryl methyl sites for hydroxylation is 2. The van der Waals surface area contributed by atoms with Gasteiger partial charge in [-0.2, -0.15) is 5.10 Å². The monoisotopic (exact) mass is 401 g/mol. The molecule has 7 heteroatoms. The molecule has 4 aromatic rings. The first-order valence-electron chi connectivity index (χ1n) is 10.3. The fourth-order valence-electron chi connectivity index (χ4n) is 5.67. The van der Waals surface area contributed by atoms with Crippen LogP contribution in [0.15, 0.2) is 41.5 Å². The fourth-order valence-corrected chi connectivity index (χ4v) is 5.67. The fraction of sp³-hybridized carbons (Fsp3) is 0.348. The summed E-state index contributed by atoms with van der Waals surface area (Å²) in [4.78, 5) is 17.9. The van der Waals surface area contributed by atoms with E-state index in [0.29, 0.717) is 22.2 Å². The number of nitrogens with two attached hydrogens (primary N) is 1. The van der Waals surface area contributed by atoms with Crippen molar-refractivity contribution >= 4 is 21.8 Å². The second-order valence-corrected chi connectivity index (χ2v) is 9.20. The van der Waals surface area contributed by atoms with Crippen LogP contribution in [0.4, 0.5) is 0 Å². The van der Waals surface area contributed by atoms with Crippen LogP contribution in [0.5, 0.6) is 5.75 Å². The number of hydrogen-bond donors (Lipinski definition) is 2. The summed E-state index contributed by atoms with van der Waals surface area (Å²) in [6, 6.07) is 7.42. The van der Waals surface area contributed by atoms with Crippen molar-refractivity contribution in [3.05, 3.63) is 52.6 Å². The van der Waals surface area contributed by atoms with Gasteiger partial charge in [0, 0.05) is 41.5 Å². The van der Waals surface area contributed by atoms with Crippen LogP contribution in [0.3, 0.4) is 0 Å². The molecule has 3 aromatic heterocycles. The van der Waals surface area contributed by atoms with Crippen molar-refractivity contribution in [2.45, 2.75) is 43.7 Å². The molecule has 0 amide bonds. The molecule has 3 saturated carbocycles. The predicted molar refractivity (Wildman–Crippen MR) is 115 cm³/mol. The zero-order chi connectivity index (χ0) is 20.8. The maximum absolute atomic E-state index is 13.2. The van der Waals surface area contributed by atoms with E-state index in [4.69, 9.17) is 10.7 Å². The molecular weight excluding hydrogens is 378 g/mol. The van der Waals surface area contributed by atoms with Gasteiger partial charge in [-0.15, -0.1) is 0 Å². The smallest absolute Gasteiger partial charge is 0.260 e. The van der Waals surface area contributed by atoms with Crippen LogP contribution in [-0.4, -0.2) is 30.0 Å². The van der Waals surface area contributed by atoms with Crippen LogP contribution in [0, 0.1) is 6.92 Å². The topological polar surface area (TPSA) is 99.0 Å². The number of phenols is 1. The van der Waals surface area contributed by atoms with E-state index in [0.717, 1.165) is 42.1 Å². The molecule has 0 atom stereocenters. The summed E-state index contributed by atoms with van der Waals surface area (Å²) in [5.74, 6) is 0.167. The molecule has 3 aliphatic rings. The second kappa shape index (κ2) is 5.49. The summed E-state index contributed by atoms with van der Waals surface area (Å²) in [6.07, 6.45) is 7.46. The Bertz CT molecular complexity index is 1430. The molecule has 30 heavy (non-hydrogen) atoms. The number of rotatable bonds is 2. The highest BCUT2D eigenvalue weighted by molar-refractivity contribution is 5.91. The number of hydrogen-bond acceptors (Lipinski definition) is 5. The first kappa shape index (κ1) is 17.7. The van der Waals surface area contributed by atoms with Crippen molar-refractivity contribution in [2.75, 3.05) is 0 Å². The lowest BCUT2D eigenvalue weighted by molar-refractivity contribution is 0.120. The van der Waals surface area contributed by atoms with Gasteiger partial charge in [0.2, 0.25) is 0 Å². The Morgan fingerprint density at radius 1 is 1.20 bits per heavy atom. The third-order valence-electron chi connectivity index (χ3n) is 7.12. The maximum atomic E-state index is 13.2. The average Bonchev–Trinajstić information content (AvgIpc) is 3.35. The Balaban J connectivity index is 1.49. The van der Waals surface area contributed by atoms with Gasteiger partial charge >= 0.3 is 0 Å². The second-order valence-electron chi connectivity index (χ2n) is 9.20. The third-order valence-corrected chi connectivity index (χ3v) is 7.12. The van der Waals surface area contributed by atoms with E-state index in [1.165, 1.54) is 0 Å². The molecule has 152 valence electrons. The zero-order valence-electron chi connectivity index (χ0n) is 17.0. The predicted octanol–water partition coefficient (Wildman–Crippen LogP) is 2.94. The van der Waals surface area contributed by atoms with Gasteiger partial charge in [-0.05, 0) is 56.9 Å². The van der Waals surface area contributed by atoms with Gasteiger partial charge in [0.1, 0.15) is 5.75 Å². The summed E-state index contributed by atoms with van der Waals surface area (Å²) in [7, 11) is 1.86. The van der Waals surface area contributed by atoms with E-state index in [1.807, 2.05) is 55.2 Å². The summed E-state index contributed by atoms with van der Waals surface area (Å²) in [5.41, 5.74) is 9.49. The molecule has 3 aliphatic carbocycles. The first-order valence-corrected chi connectivity index (χ1v) is 10.3. The highest BCUT2D eigenvalue weighted by Gasteiger charge is 2.60. The van der Waals surface area contributed by atoms with Gasteiger partial charge in [-0.25, -0.2) is 4.98 Å². The molecule has 0 aliphatic heterocycles. The Labute approximate surface area is 172 Å². The molecule has 1 aromatic carbocycles. The van der Waals surface area contributed by atoms with E-state index in [1.54, 1.807) is 4.68 Å². The number of fused-ring (bicyclic) bond motifs is 3. The van der Waals surface area contributed by atoms with Crippen molar-refractivity contribution in [2.24, 2.45) is 12.8 Å². The van der Waals surface area contributed by atoms with Crippen molar-refractivity contribution in [1.82, 2.24) is 19.3 Å². The zero-order valence-corrected chi connectivity index (χ0v) is 17.0. The minimum absolute atomic E-state index is 0.0152. The molecular formula is C23H23N5O2. The Hall–Kier alpha value is -3.19. The van der Waals surface area contributed by atoms with Gasteiger partial charge in [-0.3, -0.25) is 9.48 Å². The molecule has 3 fully saturated rings. The van der Waals surface area contributed by atoms with Crippen molar-refractivity contribution in [3.8, 4) is 17.0 Å². The largest absolute Gasteiger partial charge is 0.507 e. The lowest BCUT2D eigenvalue weighted by atomic mass is 9.71. The van der Waals surface area contributed by atoms with Crippen molar-refractivity contribution < 1.29 is 5.11 Å². The number of phenolic OH excluding ortho intramolecular Hbond substituents is 1. The lowest BCUT2D eigenvalue weighted by Crippen LogP contribution is -2.57. The van der Waals surface area contributed by atoms with Crippen LogP contribution in [-0.2, 0) is 12.6 Å². The Morgan fingerprint density at radius 3 is 2.73 bits per heavy atom. The maximum Gasteiger partial charge on any atom is 0.260 e. The van der Waals surface area contributed by atoms with Gasteiger partial charge in [0.05, 0.1) is 27.7 Å². The molecule has 3 heterocycles. The standard InChI is InChI=1S/C23H23N5O2/c1-13-19-14(10-27(2)26-19)9-16(20(13)29)17-4-3-15-18(25-17)5-8-28(21(15)30)23-7-6-22(24,11-23)12-23/h3-5,8-10,29H,6-7,11-12,24H2,1-2H3. The van der Waals surface area contributed by atoms with Crippen LogP contribution in [0.25, 0.3) is 33.1 Å². The number of nitrogens with zero attached hydrogens (tertiary/aromatic N) is 4. The number of benzene rings is 1. The van der Waals surface area contributed by atoms with Crippen LogP contribution in [0.1, 0.15) is 31.2 Å². The minimum Gasteiger partial charge on any atom is -0.507 e. The highest BCUT2D eigenvalue weighted by atomic mass is 16.3. The van der Waals surface area contributed by atoms with Gasteiger partial charge in [-0.1, -0.05) is 0 Å². The number of pyridine rings is 2. The summed E-state index contributed by atoms with van der Waals surface area (Å²) < 4.78 is 3.61. The van der Waals surface area contributed by atoms with E-state index in [2.05, 4.69) is 5.10 Å². The molecule has 3 N–H and O–H groups in total. The number of aromatic nitrogens is 4. The molecule has 7 rings (SSSR count). The molecule has 0 radical (unpaired) electrons. The Kier molecular flexibility index (Phi) is 3.23. The van der Waals surface area contributed by atoms with E-state index >= 15 is 0 Å². The minimum atomic E-state index is -0.126. The SMILES string of the molecule is Cc1c(O)c(-c2ccc3c(=O)n(C45CCC(N)(C4)C5)ccc3n2)cc2cn(C)nc12. The van der Waals surface area contributed by atoms with Crippen LogP contribution >= 0.6 is 0 Å². The number of aromatic hydroxyl groups is 1. The van der Waals surface area contributed by atoms with Crippen LogP contribution < -0.4 is 11.3 Å². The summed E-state index contributed by atoms with van der Waals surface area (Å²) in [6.45, 7) is 1.85. The average molecular weight is 401 g/mol. The molecule has 0 unspecified atom stereocenters. The molecule has 0 spiro atoms. The molecule has 2 bridgehead atoms. The van der Waals surface area contributed by atoms with E-state index in [9.17, 15) is 9.90 Å².